The predicted octanol–water partition coefficient (Wildman–Crippen LogP) is 9.04. The molecule has 0 spiro atoms. The summed E-state index contributed by atoms with van der Waals surface area (Å²) in [5, 5.41) is 3.33. The molecular formula is C34H27BrN2. The Balaban J connectivity index is 1.48. The number of aromatic nitrogens is 1. The second-order valence-corrected chi connectivity index (χ2v) is 10.3. The maximum atomic E-state index is 4.32. The third kappa shape index (κ3) is 5.28. The maximum absolute atomic E-state index is 4.32. The molecule has 37 heavy (non-hydrogen) atoms. The molecule has 2 aliphatic rings. The van der Waals surface area contributed by atoms with Crippen molar-refractivity contribution in [2.45, 2.75) is 12.8 Å². The van der Waals surface area contributed by atoms with Crippen molar-refractivity contribution in [3.05, 3.63) is 137 Å². The molecule has 180 valence electrons. The van der Waals surface area contributed by atoms with Gasteiger partial charge in [-0.25, -0.2) is 0 Å². The normalized spacial score (nSPS) is 14.9. The van der Waals surface area contributed by atoms with Crippen LogP contribution < -0.4 is 5.32 Å². The lowest BCUT2D eigenvalue weighted by Crippen LogP contribution is -2.11. The standard InChI is InChI=1S/C34H27BrN2/c35-34-13-3-10-28(21-34)33-19-31(26-8-1-6-24(16-26)29-11-4-14-36-22-29)18-32(20-33)27-9-2-7-25(17-27)30-12-5-15-37-23-30/h1-2,4-9,11-22,37H,3,10,23H2. The van der Waals surface area contributed by atoms with Gasteiger partial charge in [0, 0.05) is 29.0 Å². The Morgan fingerprint density at radius 2 is 1.32 bits per heavy atom. The van der Waals surface area contributed by atoms with Crippen LogP contribution in [-0.4, -0.2) is 11.5 Å². The molecule has 0 saturated carbocycles. The second-order valence-electron chi connectivity index (χ2n) is 9.43. The third-order valence-corrected chi connectivity index (χ3v) is 7.48. The van der Waals surface area contributed by atoms with Crippen LogP contribution in [0.15, 0.2) is 126 Å². The Labute approximate surface area is 226 Å². The molecule has 1 aliphatic carbocycles. The molecule has 0 amide bonds. The summed E-state index contributed by atoms with van der Waals surface area (Å²) in [5.41, 5.74) is 12.4. The number of hydrogen-bond donors (Lipinski definition) is 1. The van der Waals surface area contributed by atoms with E-state index in [1.165, 1.54) is 50.1 Å². The maximum Gasteiger partial charge on any atom is 0.0401 e. The van der Waals surface area contributed by atoms with Crippen molar-refractivity contribution >= 4 is 27.1 Å². The molecular weight excluding hydrogens is 516 g/mol. The molecule has 1 N–H and O–H groups in total. The van der Waals surface area contributed by atoms with Crippen molar-refractivity contribution in [1.82, 2.24) is 10.3 Å². The van der Waals surface area contributed by atoms with Crippen LogP contribution in [0.4, 0.5) is 0 Å². The number of benzene rings is 3. The first-order chi connectivity index (χ1) is 18.2. The Bertz CT molecular complexity index is 1570. The lowest BCUT2D eigenvalue weighted by atomic mass is 9.89. The molecule has 6 rings (SSSR count). The van der Waals surface area contributed by atoms with E-state index in [-0.39, 0.29) is 0 Å². The Morgan fingerprint density at radius 1 is 0.676 bits per heavy atom. The summed E-state index contributed by atoms with van der Waals surface area (Å²) in [6, 6.07) is 28.8. The summed E-state index contributed by atoms with van der Waals surface area (Å²) < 4.78 is 1.16. The van der Waals surface area contributed by atoms with Crippen LogP contribution in [0.2, 0.25) is 0 Å². The zero-order valence-corrected chi connectivity index (χ0v) is 22.1. The fraction of sp³-hybridized carbons (Fsp3) is 0.0882. The van der Waals surface area contributed by atoms with Crippen molar-refractivity contribution in [1.29, 1.82) is 0 Å². The van der Waals surface area contributed by atoms with Crippen LogP contribution in [-0.2, 0) is 0 Å². The van der Waals surface area contributed by atoms with E-state index in [1.54, 1.807) is 0 Å². The van der Waals surface area contributed by atoms with Crippen molar-refractivity contribution < 1.29 is 0 Å². The van der Waals surface area contributed by atoms with Crippen molar-refractivity contribution in [2.75, 3.05) is 6.54 Å². The van der Waals surface area contributed by atoms with Gasteiger partial charge < -0.3 is 5.32 Å². The van der Waals surface area contributed by atoms with E-state index in [4.69, 9.17) is 0 Å². The average molecular weight is 544 g/mol. The van der Waals surface area contributed by atoms with Gasteiger partial charge in [0.1, 0.15) is 0 Å². The Hall–Kier alpha value is -3.95. The van der Waals surface area contributed by atoms with Gasteiger partial charge in [0.05, 0.1) is 0 Å². The number of rotatable bonds is 5. The Morgan fingerprint density at radius 3 is 2.00 bits per heavy atom. The van der Waals surface area contributed by atoms with E-state index in [9.17, 15) is 0 Å². The molecule has 3 aromatic carbocycles. The number of nitrogens with zero attached hydrogens (tertiary/aromatic N) is 1. The largest absolute Gasteiger partial charge is 0.387 e. The summed E-state index contributed by atoms with van der Waals surface area (Å²) in [4.78, 5) is 4.32. The van der Waals surface area contributed by atoms with Gasteiger partial charge in [0.15, 0.2) is 0 Å². The molecule has 4 aromatic rings. The van der Waals surface area contributed by atoms with E-state index < -0.39 is 0 Å². The van der Waals surface area contributed by atoms with Crippen LogP contribution in [0.5, 0.6) is 0 Å². The molecule has 2 heterocycles. The highest BCUT2D eigenvalue weighted by Gasteiger charge is 2.13. The first-order valence-corrected chi connectivity index (χ1v) is 13.4. The number of pyridine rings is 1. The second kappa shape index (κ2) is 10.6. The van der Waals surface area contributed by atoms with Gasteiger partial charge in [-0.2, -0.15) is 0 Å². The first kappa shape index (κ1) is 23.4. The highest BCUT2D eigenvalue weighted by molar-refractivity contribution is 9.11. The molecule has 2 nitrogen and oxygen atoms in total. The number of halogens is 1. The van der Waals surface area contributed by atoms with Gasteiger partial charge in [0.25, 0.3) is 0 Å². The monoisotopic (exact) mass is 542 g/mol. The summed E-state index contributed by atoms with van der Waals surface area (Å²) in [7, 11) is 0. The molecule has 0 saturated heterocycles. The minimum atomic E-state index is 0.847. The fourth-order valence-corrected chi connectivity index (χ4v) is 5.51. The third-order valence-electron chi connectivity index (χ3n) is 6.93. The van der Waals surface area contributed by atoms with Gasteiger partial charge in [0.2, 0.25) is 0 Å². The van der Waals surface area contributed by atoms with E-state index >= 15 is 0 Å². The SMILES string of the molecule is BrC1=CCCC(c2cc(-c3cccc(C4=CC=CNC4)c3)cc(-c3cccc(-c4cccnc4)c3)c2)=C1. The van der Waals surface area contributed by atoms with Gasteiger partial charge in [-0.1, -0.05) is 70.5 Å². The lowest BCUT2D eigenvalue weighted by molar-refractivity contribution is 0.986. The topological polar surface area (TPSA) is 24.9 Å². The lowest BCUT2D eigenvalue weighted by Gasteiger charge is -2.17. The molecule has 0 atom stereocenters. The van der Waals surface area contributed by atoms with E-state index in [2.05, 4.69) is 123 Å². The van der Waals surface area contributed by atoms with Gasteiger partial charge >= 0.3 is 0 Å². The molecule has 0 fully saturated rings. The van der Waals surface area contributed by atoms with Gasteiger partial charge in [-0.3, -0.25) is 4.98 Å². The van der Waals surface area contributed by atoms with Crippen LogP contribution in [0, 0.1) is 0 Å². The molecule has 0 radical (unpaired) electrons. The number of allylic oxidation sites excluding steroid dienone is 6. The number of nitrogens with one attached hydrogen (secondary N) is 1. The van der Waals surface area contributed by atoms with E-state index in [0.717, 1.165) is 29.4 Å². The summed E-state index contributed by atoms with van der Waals surface area (Å²) in [6.45, 7) is 0.847. The molecule has 1 aromatic heterocycles. The van der Waals surface area contributed by atoms with Crippen LogP contribution in [0.1, 0.15) is 24.0 Å². The quantitative estimate of drug-likeness (QED) is 0.272. The highest BCUT2D eigenvalue weighted by Crippen LogP contribution is 2.36. The molecule has 1 aliphatic heterocycles. The minimum absolute atomic E-state index is 0.847. The van der Waals surface area contributed by atoms with E-state index in [1.807, 2.05) is 24.7 Å². The molecule has 3 heteroatoms. The first-order valence-electron chi connectivity index (χ1n) is 12.7. The van der Waals surface area contributed by atoms with Crippen LogP contribution in [0.3, 0.4) is 0 Å². The van der Waals surface area contributed by atoms with Crippen molar-refractivity contribution in [2.24, 2.45) is 0 Å². The van der Waals surface area contributed by atoms with Gasteiger partial charge in [-0.05, 0) is 118 Å². The van der Waals surface area contributed by atoms with E-state index in [0.29, 0.717) is 0 Å². The summed E-state index contributed by atoms with van der Waals surface area (Å²) >= 11 is 3.70. The minimum Gasteiger partial charge on any atom is -0.387 e. The number of hydrogen-bond acceptors (Lipinski definition) is 2. The summed E-state index contributed by atoms with van der Waals surface area (Å²) in [6.07, 6.45) is 16.6. The zero-order valence-electron chi connectivity index (χ0n) is 20.5. The van der Waals surface area contributed by atoms with Crippen molar-refractivity contribution in [3.8, 4) is 33.4 Å². The average Bonchev–Trinajstić information content (AvgIpc) is 2.98. The molecule has 0 unspecified atom stereocenters. The zero-order chi connectivity index (χ0) is 25.0. The fourth-order valence-electron chi connectivity index (χ4n) is 5.01. The van der Waals surface area contributed by atoms with Crippen molar-refractivity contribution in [3.63, 3.8) is 0 Å². The predicted molar refractivity (Wildman–Crippen MR) is 160 cm³/mol. The van der Waals surface area contributed by atoms with Crippen LogP contribution in [0.25, 0.3) is 44.5 Å². The Kier molecular flexibility index (Phi) is 6.70. The summed E-state index contributed by atoms with van der Waals surface area (Å²) in [5.74, 6) is 0. The van der Waals surface area contributed by atoms with Crippen LogP contribution >= 0.6 is 15.9 Å². The van der Waals surface area contributed by atoms with Gasteiger partial charge in [-0.15, -0.1) is 0 Å². The molecule has 0 bridgehead atoms. The highest BCUT2D eigenvalue weighted by atomic mass is 79.9. The smallest absolute Gasteiger partial charge is 0.0401 e. The number of dihydropyridines is 1.